The van der Waals surface area contributed by atoms with Gasteiger partial charge in [0, 0.05) is 0 Å². The van der Waals surface area contributed by atoms with Crippen LogP contribution < -0.4 is 0 Å². The van der Waals surface area contributed by atoms with Gasteiger partial charge in [-0.15, -0.1) is 0 Å². The van der Waals surface area contributed by atoms with E-state index in [1.165, 1.54) is 0 Å². The molecule has 0 aromatic carbocycles. The molecule has 0 atom stereocenters. The Labute approximate surface area is 167 Å². The molecule has 8 nitrogen and oxygen atoms in total. The Hall–Kier alpha value is -0.463. The van der Waals surface area contributed by atoms with Crippen molar-refractivity contribution in [3.63, 3.8) is 0 Å². The van der Waals surface area contributed by atoms with Crippen LogP contribution in [0.4, 0.5) is 26.3 Å². The highest BCUT2D eigenvalue weighted by Crippen LogP contribution is 2.36. The summed E-state index contributed by atoms with van der Waals surface area (Å²) in [5, 5.41) is 0. The van der Waals surface area contributed by atoms with E-state index in [1.54, 1.807) is 0 Å². The van der Waals surface area contributed by atoms with Gasteiger partial charge in [-0.1, -0.05) is 0 Å². The topological polar surface area (TPSA) is 101 Å². The van der Waals surface area contributed by atoms with Crippen molar-refractivity contribution in [2.45, 2.75) is 30.7 Å². The molecule has 0 bridgehead atoms. The van der Waals surface area contributed by atoms with Gasteiger partial charge in [0.25, 0.3) is 0 Å². The lowest BCUT2D eigenvalue weighted by Crippen LogP contribution is -2.54. The summed E-state index contributed by atoms with van der Waals surface area (Å²) in [5.74, 6) is 0. The molecule has 0 saturated carbocycles. The fraction of sp³-hybridized carbons (Fsp3) is 1.00. The van der Waals surface area contributed by atoms with Crippen LogP contribution >= 0.6 is 0 Å². The molecular formula is C12H24F6N2O6S2Si. The molecular weight excluding hydrogens is 474 g/mol. The van der Waals surface area contributed by atoms with Crippen molar-refractivity contribution in [2.75, 3.05) is 46.5 Å². The standard InChI is InChI=1S/C10H24NO2Si.C2F6NO4S2/c1-11(5-8-12-9-6-11)7-10-13-14(2,3)4;3-1(4,5)14(10,11)9-15(12,13)2(6,7)8/h5-10H2,1-4H3;/q+1;-1. The zero-order chi connectivity index (χ0) is 23.4. The van der Waals surface area contributed by atoms with E-state index in [2.05, 4.69) is 26.7 Å². The number of alkyl halides is 6. The van der Waals surface area contributed by atoms with Gasteiger partial charge in [0.15, 0.2) is 28.4 Å². The van der Waals surface area contributed by atoms with Crippen molar-refractivity contribution in [3.8, 4) is 0 Å². The molecule has 1 fully saturated rings. The van der Waals surface area contributed by atoms with Crippen molar-refractivity contribution in [1.29, 1.82) is 0 Å². The third kappa shape index (κ3) is 10.4. The molecule has 1 rings (SSSR count). The zero-order valence-electron chi connectivity index (χ0n) is 16.2. The van der Waals surface area contributed by atoms with E-state index in [-0.39, 0.29) is 0 Å². The molecule has 1 heterocycles. The highest BCUT2D eigenvalue weighted by atomic mass is 32.3. The first-order valence-electron chi connectivity index (χ1n) is 8.04. The van der Waals surface area contributed by atoms with Gasteiger partial charge in [0.05, 0.1) is 26.9 Å². The molecule has 0 unspecified atom stereocenters. The molecule has 1 aliphatic heterocycles. The Balaban J connectivity index is 0.000000541. The number of ether oxygens (including phenoxy) is 1. The van der Waals surface area contributed by atoms with Crippen LogP contribution in [0.15, 0.2) is 0 Å². The lowest BCUT2D eigenvalue weighted by molar-refractivity contribution is -0.916. The number of hydrogen-bond acceptors (Lipinski definition) is 6. The van der Waals surface area contributed by atoms with Crippen LogP contribution in [0.1, 0.15) is 0 Å². The van der Waals surface area contributed by atoms with Crippen molar-refractivity contribution in [3.05, 3.63) is 4.13 Å². The monoisotopic (exact) mass is 498 g/mol. The van der Waals surface area contributed by atoms with Crippen molar-refractivity contribution >= 4 is 28.4 Å². The highest BCUT2D eigenvalue weighted by Gasteiger charge is 2.46. The molecule has 1 aliphatic rings. The summed E-state index contributed by atoms with van der Waals surface area (Å²) in [5.41, 5.74) is -12.4. The maximum atomic E-state index is 11.4. The molecule has 0 N–H and O–H groups in total. The maximum Gasteiger partial charge on any atom is 0.480 e. The second-order valence-corrected chi connectivity index (χ2v) is 15.2. The predicted octanol–water partition coefficient (Wildman–Crippen LogP) is 2.37. The Morgan fingerprint density at radius 3 is 1.62 bits per heavy atom. The van der Waals surface area contributed by atoms with E-state index in [0.29, 0.717) is 0 Å². The number of rotatable bonds is 6. The normalized spacial score (nSPS) is 18.7. The Kier molecular flexibility index (Phi) is 9.62. The fourth-order valence-electron chi connectivity index (χ4n) is 1.79. The molecule has 1 saturated heterocycles. The number of hydrogen-bond donors (Lipinski definition) is 0. The first-order chi connectivity index (χ1) is 12.6. The van der Waals surface area contributed by atoms with Gasteiger partial charge in [-0.3, -0.25) is 0 Å². The van der Waals surface area contributed by atoms with Gasteiger partial charge in [0.2, 0.25) is 0 Å². The van der Waals surface area contributed by atoms with Crippen LogP contribution in [-0.2, 0) is 29.2 Å². The minimum Gasteiger partial charge on any atom is -0.421 e. The first-order valence-corrected chi connectivity index (χ1v) is 14.3. The second kappa shape index (κ2) is 9.78. The van der Waals surface area contributed by atoms with Crippen LogP contribution in [0.3, 0.4) is 0 Å². The minimum absolute atomic E-state index is 0.778. The van der Waals surface area contributed by atoms with E-state index in [9.17, 15) is 43.2 Å². The summed E-state index contributed by atoms with van der Waals surface area (Å²) >= 11 is 0. The number of nitrogens with zero attached hydrogens (tertiary/aromatic N) is 2. The van der Waals surface area contributed by atoms with Crippen molar-refractivity contribution in [1.82, 2.24) is 0 Å². The molecule has 0 aliphatic carbocycles. The quantitative estimate of drug-likeness (QED) is 0.317. The molecule has 176 valence electrons. The van der Waals surface area contributed by atoms with E-state index in [4.69, 9.17) is 9.16 Å². The number of halogens is 6. The van der Waals surface area contributed by atoms with Crippen molar-refractivity contribution in [2.24, 2.45) is 0 Å². The van der Waals surface area contributed by atoms with E-state index in [0.717, 1.165) is 48.1 Å². The van der Waals surface area contributed by atoms with E-state index in [1.807, 2.05) is 0 Å². The molecule has 29 heavy (non-hydrogen) atoms. The third-order valence-corrected chi connectivity index (χ3v) is 7.31. The Morgan fingerprint density at radius 1 is 0.931 bits per heavy atom. The van der Waals surface area contributed by atoms with Crippen LogP contribution in [0.5, 0.6) is 0 Å². The van der Waals surface area contributed by atoms with Crippen molar-refractivity contribution < 1.29 is 56.8 Å². The van der Waals surface area contributed by atoms with Gasteiger partial charge >= 0.3 is 11.0 Å². The van der Waals surface area contributed by atoms with Gasteiger partial charge < -0.3 is 17.8 Å². The van der Waals surface area contributed by atoms with E-state index < -0.39 is 39.4 Å². The zero-order valence-corrected chi connectivity index (χ0v) is 18.8. The first kappa shape index (κ1) is 28.5. The number of sulfonamides is 2. The number of likely N-dealkylation sites (N-methyl/N-ethyl adjacent to an activating group) is 1. The Morgan fingerprint density at radius 2 is 1.31 bits per heavy atom. The largest absolute Gasteiger partial charge is 0.480 e. The summed E-state index contributed by atoms with van der Waals surface area (Å²) in [6.07, 6.45) is 0. The van der Waals surface area contributed by atoms with Crippen LogP contribution in [-0.4, -0.2) is 87.2 Å². The number of quaternary nitrogens is 1. The summed E-state index contributed by atoms with van der Waals surface area (Å²) < 4.78 is 122. The summed E-state index contributed by atoms with van der Waals surface area (Å²) in [6.45, 7) is 12.8. The molecule has 0 aromatic rings. The van der Waals surface area contributed by atoms with Gasteiger partial charge in [-0.2, -0.15) is 26.3 Å². The van der Waals surface area contributed by atoms with Gasteiger partial charge in [-0.05, 0) is 19.6 Å². The van der Waals surface area contributed by atoms with Gasteiger partial charge in [0.1, 0.15) is 19.6 Å². The molecule has 17 heteroatoms. The lowest BCUT2D eigenvalue weighted by Gasteiger charge is -2.38. The molecule has 0 spiro atoms. The molecule has 0 aromatic heterocycles. The van der Waals surface area contributed by atoms with E-state index >= 15 is 0 Å². The SMILES string of the molecule is C[N+]1(CCO[Si](C)(C)C)CCOCC1.O=S(=O)([N-]S(=O)(=O)C(F)(F)F)C(F)(F)F. The predicted molar refractivity (Wildman–Crippen MR) is 94.2 cm³/mol. The average Bonchev–Trinajstić information content (AvgIpc) is 2.43. The highest BCUT2D eigenvalue weighted by molar-refractivity contribution is 8.13. The van der Waals surface area contributed by atoms with Crippen LogP contribution in [0.25, 0.3) is 4.13 Å². The summed E-state index contributed by atoms with van der Waals surface area (Å²) in [7, 11) is -12.5. The lowest BCUT2D eigenvalue weighted by atomic mass is 10.3. The summed E-state index contributed by atoms with van der Waals surface area (Å²) in [6, 6.07) is 0. The second-order valence-electron chi connectivity index (χ2n) is 7.28. The molecule has 0 radical (unpaired) electrons. The maximum absolute atomic E-state index is 11.4. The van der Waals surface area contributed by atoms with Gasteiger partial charge in [-0.25, -0.2) is 16.8 Å². The molecule has 0 amide bonds. The third-order valence-electron chi connectivity index (χ3n) is 3.50. The minimum atomic E-state index is -6.72. The fourth-order valence-corrected chi connectivity index (χ4v) is 4.21. The smallest absolute Gasteiger partial charge is 0.421 e. The number of morpholine rings is 1. The van der Waals surface area contributed by atoms with Crippen LogP contribution in [0, 0.1) is 0 Å². The average molecular weight is 499 g/mol. The van der Waals surface area contributed by atoms with Crippen LogP contribution in [0.2, 0.25) is 19.6 Å². The summed E-state index contributed by atoms with van der Waals surface area (Å²) in [4.78, 5) is 0. The Bertz CT molecular complexity index is 685.